The molecule has 13 heavy (non-hydrogen) atoms. The van der Waals surface area contributed by atoms with Gasteiger partial charge in [-0.15, -0.1) is 0 Å². The third kappa shape index (κ3) is 4.52. The van der Waals surface area contributed by atoms with E-state index in [4.69, 9.17) is 10.2 Å². The SMILES string of the molecule is O=S([O-])N1CCC[C@H]1C(O)O.[Rh].[Rh]. The molecule has 0 aliphatic carbocycles. The van der Waals surface area contributed by atoms with E-state index >= 15 is 0 Å². The zero-order valence-electron chi connectivity index (χ0n) is 6.51. The first-order chi connectivity index (χ1) is 5.13. The molecule has 0 spiro atoms. The third-order valence-corrected chi connectivity index (χ3v) is 2.62. The molecule has 2 N–H and O–H groups in total. The van der Waals surface area contributed by atoms with Crippen LogP contribution in [0.25, 0.3) is 0 Å². The molecule has 0 aromatic carbocycles. The van der Waals surface area contributed by atoms with E-state index in [1.807, 2.05) is 0 Å². The first-order valence-corrected chi connectivity index (χ1v) is 4.38. The van der Waals surface area contributed by atoms with E-state index in [2.05, 4.69) is 0 Å². The fourth-order valence-corrected chi connectivity index (χ4v) is 1.96. The van der Waals surface area contributed by atoms with E-state index in [1.165, 1.54) is 0 Å². The molecule has 1 rings (SSSR count). The Morgan fingerprint density at radius 2 is 2.00 bits per heavy atom. The van der Waals surface area contributed by atoms with Crippen molar-refractivity contribution in [3.63, 3.8) is 0 Å². The molecule has 0 bridgehead atoms. The molecule has 84 valence electrons. The first-order valence-electron chi connectivity index (χ1n) is 3.35. The van der Waals surface area contributed by atoms with Gasteiger partial charge < -0.3 is 14.8 Å². The average molecular weight is 386 g/mol. The number of hydrogen-bond acceptors (Lipinski definition) is 4. The Morgan fingerprint density at radius 3 is 2.31 bits per heavy atom. The van der Waals surface area contributed by atoms with E-state index in [9.17, 15) is 8.76 Å². The van der Waals surface area contributed by atoms with Crippen molar-refractivity contribution in [1.82, 2.24) is 4.31 Å². The van der Waals surface area contributed by atoms with Crippen LogP contribution in [0, 0.1) is 0 Å². The van der Waals surface area contributed by atoms with Crippen molar-refractivity contribution in [3.05, 3.63) is 0 Å². The molecule has 1 unspecified atom stereocenters. The molecule has 0 saturated carbocycles. The predicted octanol–water partition coefficient (Wildman–Crippen LogP) is -1.45. The Morgan fingerprint density at radius 1 is 1.46 bits per heavy atom. The monoisotopic (exact) mass is 386 g/mol. The van der Waals surface area contributed by atoms with Crippen molar-refractivity contribution in [2.24, 2.45) is 0 Å². The topological polar surface area (TPSA) is 83.8 Å². The van der Waals surface area contributed by atoms with Crippen molar-refractivity contribution in [1.29, 1.82) is 0 Å². The second-order valence-electron chi connectivity index (χ2n) is 2.48. The summed E-state index contributed by atoms with van der Waals surface area (Å²) in [6.45, 7) is 0.387. The summed E-state index contributed by atoms with van der Waals surface area (Å²) in [6.07, 6.45) is -0.350. The Balaban J connectivity index is 0. The summed E-state index contributed by atoms with van der Waals surface area (Å²) < 4.78 is 21.9. The van der Waals surface area contributed by atoms with Gasteiger partial charge in [-0.25, -0.2) is 4.31 Å². The van der Waals surface area contributed by atoms with Crippen molar-refractivity contribution < 1.29 is 57.9 Å². The van der Waals surface area contributed by atoms with E-state index in [-0.39, 0.29) is 39.0 Å². The van der Waals surface area contributed by atoms with Crippen LogP contribution in [-0.4, -0.2) is 42.2 Å². The van der Waals surface area contributed by atoms with Crippen LogP contribution in [0.1, 0.15) is 12.8 Å². The molecule has 1 fully saturated rings. The van der Waals surface area contributed by atoms with Crippen LogP contribution >= 0.6 is 0 Å². The van der Waals surface area contributed by atoms with Crippen molar-refractivity contribution in [3.8, 4) is 0 Å². The third-order valence-electron chi connectivity index (χ3n) is 1.78. The fraction of sp³-hybridized carbons (Fsp3) is 1.00. The van der Waals surface area contributed by atoms with Gasteiger partial charge in [0.05, 0.1) is 6.04 Å². The molecule has 0 aromatic heterocycles. The summed E-state index contributed by atoms with van der Waals surface area (Å²) in [5.74, 6) is 0. The van der Waals surface area contributed by atoms with Gasteiger partial charge in [-0.05, 0) is 12.8 Å². The molecule has 1 heterocycles. The summed E-state index contributed by atoms with van der Waals surface area (Å²) in [7, 11) is 0. The van der Waals surface area contributed by atoms with Gasteiger partial charge in [0.25, 0.3) is 0 Å². The second kappa shape index (κ2) is 7.52. The van der Waals surface area contributed by atoms with Crippen LogP contribution in [0.3, 0.4) is 0 Å². The maximum atomic E-state index is 10.4. The Hall–Kier alpha value is 1.24. The summed E-state index contributed by atoms with van der Waals surface area (Å²) in [5, 5.41) is 17.4. The van der Waals surface area contributed by atoms with Gasteiger partial charge >= 0.3 is 0 Å². The normalized spacial score (nSPS) is 25.1. The van der Waals surface area contributed by atoms with E-state index in [1.54, 1.807) is 0 Å². The van der Waals surface area contributed by atoms with Gasteiger partial charge in [-0.1, -0.05) is 0 Å². The molecular formula is C5H10NO4Rh2S-. The fourth-order valence-electron chi connectivity index (χ4n) is 1.25. The molecule has 1 saturated heterocycles. The van der Waals surface area contributed by atoms with Gasteiger partial charge in [-0.2, -0.15) is 0 Å². The average Bonchev–Trinajstić information content (AvgIpc) is 2.32. The number of nitrogens with zero attached hydrogens (tertiary/aromatic N) is 1. The smallest absolute Gasteiger partial charge is 0.168 e. The minimum absolute atomic E-state index is 0. The number of aliphatic hydroxyl groups is 2. The summed E-state index contributed by atoms with van der Waals surface area (Å²) in [6, 6.07) is -0.645. The standard InChI is InChI=1S/C5H11NO4S.2Rh/c7-5(8)4-2-1-3-6(4)11(9)10;;/h4-5,7-8H,1-3H2,(H,9,10);;/p-1/t4-;;/m0../s1. The van der Waals surface area contributed by atoms with E-state index in [0.717, 1.165) is 4.31 Å². The van der Waals surface area contributed by atoms with Crippen LogP contribution in [0.5, 0.6) is 0 Å². The van der Waals surface area contributed by atoms with Crippen LogP contribution in [0.2, 0.25) is 0 Å². The molecule has 2 atom stereocenters. The van der Waals surface area contributed by atoms with Crippen LogP contribution in [-0.2, 0) is 50.2 Å². The zero-order valence-corrected chi connectivity index (χ0v) is 10.6. The Bertz CT molecular complexity index is 171. The minimum atomic E-state index is -2.33. The second-order valence-corrected chi connectivity index (χ2v) is 3.38. The van der Waals surface area contributed by atoms with Crippen molar-refractivity contribution in [2.75, 3.05) is 6.54 Å². The molecule has 2 radical (unpaired) electrons. The van der Waals surface area contributed by atoms with Crippen LogP contribution in [0.4, 0.5) is 0 Å². The van der Waals surface area contributed by atoms with Crippen molar-refractivity contribution >= 4 is 11.3 Å². The number of aliphatic hydroxyl groups excluding tert-OH is 1. The summed E-state index contributed by atoms with van der Waals surface area (Å²) in [4.78, 5) is 0. The van der Waals surface area contributed by atoms with Crippen LogP contribution in [0.15, 0.2) is 0 Å². The van der Waals surface area contributed by atoms with Gasteiger partial charge in [0.15, 0.2) is 6.29 Å². The largest absolute Gasteiger partial charge is 0.760 e. The molecule has 0 amide bonds. The molecule has 1 aliphatic heterocycles. The van der Waals surface area contributed by atoms with Crippen molar-refractivity contribution in [2.45, 2.75) is 25.2 Å². The Labute approximate surface area is 105 Å². The van der Waals surface area contributed by atoms with Gasteiger partial charge in [0.1, 0.15) is 0 Å². The minimum Gasteiger partial charge on any atom is -0.760 e. The molecule has 0 aromatic rings. The van der Waals surface area contributed by atoms with Gasteiger partial charge in [0.2, 0.25) is 0 Å². The number of rotatable bonds is 2. The van der Waals surface area contributed by atoms with E-state index < -0.39 is 23.6 Å². The zero-order chi connectivity index (χ0) is 8.43. The number of hydrogen-bond donors (Lipinski definition) is 2. The molecule has 5 nitrogen and oxygen atoms in total. The quantitative estimate of drug-likeness (QED) is 0.346. The summed E-state index contributed by atoms with van der Waals surface area (Å²) >= 11 is -2.33. The van der Waals surface area contributed by atoms with Gasteiger partial charge in [-0.3, -0.25) is 4.21 Å². The molecular weight excluding hydrogens is 376 g/mol. The first kappa shape index (κ1) is 16.7. The van der Waals surface area contributed by atoms with Crippen LogP contribution < -0.4 is 0 Å². The maximum Gasteiger partial charge on any atom is 0.168 e. The Kier molecular flexibility index (Phi) is 9.63. The summed E-state index contributed by atoms with van der Waals surface area (Å²) in [5.41, 5.74) is 0. The molecule has 1 aliphatic rings. The maximum absolute atomic E-state index is 10.4. The predicted molar refractivity (Wildman–Crippen MR) is 36.9 cm³/mol. The van der Waals surface area contributed by atoms with E-state index in [0.29, 0.717) is 19.4 Å². The molecule has 8 heteroatoms. The van der Waals surface area contributed by atoms with Gasteiger partial charge in [0, 0.05) is 56.8 Å².